The molecule has 2 aromatic carbocycles. The fourth-order valence-electron chi connectivity index (χ4n) is 2.83. The number of carbonyl (C=O) groups excluding carboxylic acids is 1. The Morgan fingerprint density at radius 2 is 2.00 bits per heavy atom. The van der Waals surface area contributed by atoms with Gasteiger partial charge in [-0.3, -0.25) is 14.4 Å². The van der Waals surface area contributed by atoms with Crippen molar-refractivity contribution in [1.29, 1.82) is 0 Å². The van der Waals surface area contributed by atoms with Crippen molar-refractivity contribution in [2.24, 2.45) is 0 Å². The molecule has 0 aliphatic heterocycles. The third-order valence-electron chi connectivity index (χ3n) is 4.18. The van der Waals surface area contributed by atoms with Gasteiger partial charge in [-0.25, -0.2) is 9.37 Å². The molecule has 136 valence electrons. The quantitative estimate of drug-likeness (QED) is 0.510. The Hall–Kier alpha value is -3.06. The Morgan fingerprint density at radius 1 is 1.15 bits per heavy atom. The van der Waals surface area contributed by atoms with E-state index >= 15 is 0 Å². The molecule has 0 fully saturated rings. The number of benzene rings is 2. The molecule has 4 aromatic rings. The number of halogens is 1. The van der Waals surface area contributed by atoms with E-state index in [9.17, 15) is 9.18 Å². The zero-order chi connectivity index (χ0) is 18.6. The van der Waals surface area contributed by atoms with Crippen LogP contribution < -0.4 is 4.90 Å². The van der Waals surface area contributed by atoms with E-state index < -0.39 is 0 Å². The monoisotopic (exact) mass is 380 g/mol. The zero-order valence-electron chi connectivity index (χ0n) is 14.5. The average Bonchev–Trinajstić information content (AvgIpc) is 3.32. The molecule has 2 heterocycles. The number of rotatable bonds is 6. The molecule has 0 radical (unpaired) electrons. The lowest BCUT2D eigenvalue weighted by atomic mass is 10.1. The lowest BCUT2D eigenvalue weighted by Gasteiger charge is -2.20. The van der Waals surface area contributed by atoms with Gasteiger partial charge in [0.1, 0.15) is 5.82 Å². The van der Waals surface area contributed by atoms with Crippen molar-refractivity contribution >= 4 is 32.6 Å². The fourth-order valence-corrected chi connectivity index (χ4v) is 3.86. The lowest BCUT2D eigenvalue weighted by molar-refractivity contribution is -0.118. The molecular formula is C20H17FN4OS. The highest BCUT2D eigenvalue weighted by Crippen LogP contribution is 2.29. The standard InChI is InChI=1S/C20H17FN4OS/c21-16-7-8-17-18(14-16)27-20(23-17)25(12-11-24-10-4-9-22-24)19(26)13-15-5-2-1-3-6-15/h1-10,14H,11-13H2. The third-order valence-corrected chi connectivity index (χ3v) is 5.22. The second-order valence-corrected chi connectivity index (χ2v) is 7.09. The van der Waals surface area contributed by atoms with Crippen LogP contribution in [0.5, 0.6) is 0 Å². The van der Waals surface area contributed by atoms with Crippen molar-refractivity contribution in [1.82, 2.24) is 14.8 Å². The summed E-state index contributed by atoms with van der Waals surface area (Å²) in [5.41, 5.74) is 1.63. The van der Waals surface area contributed by atoms with Crippen LogP contribution in [0.3, 0.4) is 0 Å². The summed E-state index contributed by atoms with van der Waals surface area (Å²) in [5, 5.41) is 4.76. The van der Waals surface area contributed by atoms with E-state index in [4.69, 9.17) is 0 Å². The summed E-state index contributed by atoms with van der Waals surface area (Å²) in [7, 11) is 0. The summed E-state index contributed by atoms with van der Waals surface area (Å²) in [6.45, 7) is 0.994. The third kappa shape index (κ3) is 4.03. The second kappa shape index (κ2) is 7.67. The van der Waals surface area contributed by atoms with E-state index in [1.165, 1.54) is 23.5 Å². The van der Waals surface area contributed by atoms with Gasteiger partial charge in [-0.05, 0) is 29.8 Å². The molecule has 5 nitrogen and oxygen atoms in total. The first-order valence-electron chi connectivity index (χ1n) is 8.57. The number of hydrogen-bond acceptors (Lipinski definition) is 4. The predicted octanol–water partition coefficient (Wildman–Crippen LogP) is 3.91. The maximum Gasteiger partial charge on any atom is 0.233 e. The minimum atomic E-state index is -0.309. The number of hydrogen-bond donors (Lipinski definition) is 0. The Balaban J connectivity index is 1.62. The van der Waals surface area contributed by atoms with Gasteiger partial charge in [-0.2, -0.15) is 5.10 Å². The minimum Gasteiger partial charge on any atom is -0.286 e. The fraction of sp³-hybridized carbons (Fsp3) is 0.150. The van der Waals surface area contributed by atoms with Crippen LogP contribution in [0, 0.1) is 5.82 Å². The van der Waals surface area contributed by atoms with Crippen LogP contribution >= 0.6 is 11.3 Å². The van der Waals surface area contributed by atoms with E-state index in [2.05, 4.69) is 10.1 Å². The van der Waals surface area contributed by atoms with Crippen molar-refractivity contribution in [3.63, 3.8) is 0 Å². The SMILES string of the molecule is O=C(Cc1ccccc1)N(CCn1cccn1)c1nc2ccc(F)cc2s1. The molecule has 0 N–H and O–H groups in total. The van der Waals surface area contributed by atoms with Crippen LogP contribution in [-0.4, -0.2) is 27.2 Å². The van der Waals surface area contributed by atoms with E-state index in [-0.39, 0.29) is 18.1 Å². The molecule has 0 saturated carbocycles. The number of aromatic nitrogens is 3. The highest BCUT2D eigenvalue weighted by atomic mass is 32.1. The first kappa shape index (κ1) is 17.4. The average molecular weight is 380 g/mol. The lowest BCUT2D eigenvalue weighted by Crippen LogP contribution is -2.35. The Morgan fingerprint density at radius 3 is 2.78 bits per heavy atom. The molecule has 7 heteroatoms. The van der Waals surface area contributed by atoms with Crippen molar-refractivity contribution in [3.05, 3.63) is 78.4 Å². The largest absolute Gasteiger partial charge is 0.286 e. The summed E-state index contributed by atoms with van der Waals surface area (Å²) < 4.78 is 16.0. The molecule has 2 aromatic heterocycles. The second-order valence-electron chi connectivity index (χ2n) is 6.09. The summed E-state index contributed by atoms with van der Waals surface area (Å²) in [5.74, 6) is -0.357. The van der Waals surface area contributed by atoms with Gasteiger partial charge in [0.25, 0.3) is 0 Å². The molecule has 0 aliphatic carbocycles. The van der Waals surface area contributed by atoms with Gasteiger partial charge in [0, 0.05) is 18.9 Å². The van der Waals surface area contributed by atoms with Crippen LogP contribution in [0.1, 0.15) is 5.56 Å². The maximum atomic E-state index is 13.5. The molecule has 0 bridgehead atoms. The van der Waals surface area contributed by atoms with Gasteiger partial charge in [-0.1, -0.05) is 41.7 Å². The topological polar surface area (TPSA) is 51.0 Å². The van der Waals surface area contributed by atoms with E-state index in [1.807, 2.05) is 42.6 Å². The van der Waals surface area contributed by atoms with Gasteiger partial charge in [0.15, 0.2) is 5.13 Å². The summed E-state index contributed by atoms with van der Waals surface area (Å²) in [4.78, 5) is 19.2. The predicted molar refractivity (Wildman–Crippen MR) is 104 cm³/mol. The van der Waals surface area contributed by atoms with Crippen LogP contribution in [-0.2, 0) is 17.8 Å². The van der Waals surface area contributed by atoms with Gasteiger partial charge < -0.3 is 0 Å². The number of thiazole rings is 1. The van der Waals surface area contributed by atoms with Crippen molar-refractivity contribution in [2.45, 2.75) is 13.0 Å². The minimum absolute atomic E-state index is 0.0483. The molecule has 1 amide bonds. The molecule has 27 heavy (non-hydrogen) atoms. The van der Waals surface area contributed by atoms with Crippen LogP contribution in [0.4, 0.5) is 9.52 Å². The van der Waals surface area contributed by atoms with Crippen molar-refractivity contribution in [3.8, 4) is 0 Å². The van der Waals surface area contributed by atoms with E-state index in [1.54, 1.807) is 21.8 Å². The number of carbonyl (C=O) groups is 1. The highest BCUT2D eigenvalue weighted by molar-refractivity contribution is 7.22. The van der Waals surface area contributed by atoms with Crippen LogP contribution in [0.15, 0.2) is 67.0 Å². The summed E-state index contributed by atoms with van der Waals surface area (Å²) in [6, 6.07) is 15.9. The Kier molecular flexibility index (Phi) is 4.93. The molecule has 0 spiro atoms. The number of nitrogens with zero attached hydrogens (tertiary/aromatic N) is 4. The first-order chi connectivity index (χ1) is 13.2. The zero-order valence-corrected chi connectivity index (χ0v) is 15.3. The van der Waals surface area contributed by atoms with Gasteiger partial charge >= 0.3 is 0 Å². The number of amides is 1. The number of fused-ring (bicyclic) bond motifs is 1. The molecule has 0 unspecified atom stereocenters. The molecule has 0 aliphatic rings. The van der Waals surface area contributed by atoms with E-state index in [0.717, 1.165) is 10.3 Å². The van der Waals surface area contributed by atoms with Crippen LogP contribution in [0.2, 0.25) is 0 Å². The normalized spacial score (nSPS) is 11.0. The number of anilines is 1. The highest BCUT2D eigenvalue weighted by Gasteiger charge is 2.20. The molecule has 4 rings (SSSR count). The molecule has 0 atom stereocenters. The summed E-state index contributed by atoms with van der Waals surface area (Å²) in [6.07, 6.45) is 3.84. The van der Waals surface area contributed by atoms with Crippen LogP contribution in [0.25, 0.3) is 10.2 Å². The smallest absolute Gasteiger partial charge is 0.233 e. The molecule has 0 saturated heterocycles. The van der Waals surface area contributed by atoms with Gasteiger partial charge in [0.05, 0.1) is 23.2 Å². The Labute approximate surface area is 159 Å². The maximum absolute atomic E-state index is 13.5. The molecular weight excluding hydrogens is 363 g/mol. The van der Waals surface area contributed by atoms with Gasteiger partial charge in [-0.15, -0.1) is 0 Å². The van der Waals surface area contributed by atoms with E-state index in [0.29, 0.717) is 23.7 Å². The van der Waals surface area contributed by atoms with Crippen molar-refractivity contribution < 1.29 is 9.18 Å². The van der Waals surface area contributed by atoms with Crippen molar-refractivity contribution in [2.75, 3.05) is 11.4 Å². The van der Waals surface area contributed by atoms with Gasteiger partial charge in [0.2, 0.25) is 5.91 Å². The summed E-state index contributed by atoms with van der Waals surface area (Å²) >= 11 is 1.32. The Bertz CT molecular complexity index is 1050. The first-order valence-corrected chi connectivity index (χ1v) is 9.38.